The van der Waals surface area contributed by atoms with Gasteiger partial charge >= 0.3 is 11.9 Å². The van der Waals surface area contributed by atoms with Crippen molar-refractivity contribution in [3.05, 3.63) is 89.6 Å². The number of halogens is 1. The summed E-state index contributed by atoms with van der Waals surface area (Å²) in [5, 5.41) is 0.553. The molecule has 2 heterocycles. The topological polar surface area (TPSA) is 96.2 Å². The fraction of sp³-hybridized carbons (Fsp3) is 0.310. The third-order valence-corrected chi connectivity index (χ3v) is 6.99. The normalized spacial score (nSPS) is 15.2. The number of fused-ring (bicyclic) bond motifs is 1. The summed E-state index contributed by atoms with van der Waals surface area (Å²) in [6, 6.07) is 11.3. The van der Waals surface area contributed by atoms with E-state index in [0.29, 0.717) is 38.0 Å². The molecule has 0 saturated heterocycles. The van der Waals surface area contributed by atoms with Gasteiger partial charge in [0.15, 0.2) is 16.3 Å². The summed E-state index contributed by atoms with van der Waals surface area (Å²) < 4.78 is 18.6. The first kappa shape index (κ1) is 28.3. The van der Waals surface area contributed by atoms with Gasteiger partial charge in [-0.3, -0.25) is 14.2 Å². The van der Waals surface area contributed by atoms with Gasteiger partial charge in [0.05, 0.1) is 35.1 Å². The van der Waals surface area contributed by atoms with E-state index >= 15 is 0 Å². The van der Waals surface area contributed by atoms with Crippen LogP contribution in [0.25, 0.3) is 6.08 Å². The van der Waals surface area contributed by atoms with Crippen molar-refractivity contribution in [2.75, 3.05) is 13.2 Å². The van der Waals surface area contributed by atoms with Gasteiger partial charge in [0, 0.05) is 11.9 Å². The first-order valence-electron chi connectivity index (χ1n) is 12.5. The summed E-state index contributed by atoms with van der Waals surface area (Å²) in [6.45, 7) is 9.26. The molecule has 4 rings (SSSR count). The molecule has 1 aliphatic heterocycles. The van der Waals surface area contributed by atoms with E-state index in [-0.39, 0.29) is 29.4 Å². The Hall–Kier alpha value is -3.69. The number of carbonyl (C=O) groups excluding carboxylic acids is 2. The number of allylic oxidation sites excluding steroid dienone is 1. The molecule has 0 bridgehead atoms. The maximum atomic E-state index is 13.8. The molecule has 0 radical (unpaired) electrons. The predicted octanol–water partition coefficient (Wildman–Crippen LogP) is 4.41. The number of hydrogen-bond donors (Lipinski definition) is 0. The van der Waals surface area contributed by atoms with E-state index in [1.807, 2.05) is 26.8 Å². The van der Waals surface area contributed by atoms with Crippen LogP contribution >= 0.6 is 22.9 Å². The highest BCUT2D eigenvalue weighted by Crippen LogP contribution is 2.36. The SMILES string of the molecule is CCOc1cc([C@H]2C(C(=O)OCC(C)C)=C(C)N=c3s/c(=C/c4cccc(Cl)c4)c(=O)n32)ccc1OC(C)=O. The second-order valence-electron chi connectivity index (χ2n) is 9.36. The molecule has 0 spiro atoms. The standard InChI is InChI=1S/C29H29ClN2O6S/c1-6-36-23-14-20(10-11-22(23)38-18(5)33)26-25(28(35)37-15-16(2)3)17(4)31-29-32(26)27(34)24(39-29)13-19-8-7-9-21(30)12-19/h7-14,16,26H,6,15H2,1-5H3/b24-13+/t26-/m0/s1. The van der Waals surface area contributed by atoms with Crippen molar-refractivity contribution in [2.24, 2.45) is 10.9 Å². The first-order valence-corrected chi connectivity index (χ1v) is 13.7. The highest BCUT2D eigenvalue weighted by atomic mass is 35.5. The molecule has 0 fully saturated rings. The molecule has 39 heavy (non-hydrogen) atoms. The molecule has 1 aliphatic rings. The van der Waals surface area contributed by atoms with Gasteiger partial charge in [-0.15, -0.1) is 0 Å². The molecule has 3 aromatic rings. The number of ether oxygens (including phenoxy) is 3. The molecule has 0 N–H and O–H groups in total. The summed E-state index contributed by atoms with van der Waals surface area (Å²) in [4.78, 5) is 43.9. The van der Waals surface area contributed by atoms with Gasteiger partial charge in [0.1, 0.15) is 0 Å². The number of rotatable bonds is 8. The smallest absolute Gasteiger partial charge is 0.338 e. The van der Waals surface area contributed by atoms with Crippen LogP contribution in [-0.4, -0.2) is 29.7 Å². The lowest BCUT2D eigenvalue weighted by molar-refractivity contribution is -0.140. The van der Waals surface area contributed by atoms with Gasteiger partial charge < -0.3 is 14.2 Å². The van der Waals surface area contributed by atoms with E-state index < -0.39 is 18.0 Å². The van der Waals surface area contributed by atoms with Gasteiger partial charge in [0.25, 0.3) is 5.56 Å². The summed E-state index contributed by atoms with van der Waals surface area (Å²) >= 11 is 7.37. The molecule has 0 saturated carbocycles. The quantitative estimate of drug-likeness (QED) is 0.295. The average molecular weight is 569 g/mol. The van der Waals surface area contributed by atoms with E-state index in [4.69, 9.17) is 25.8 Å². The van der Waals surface area contributed by atoms with Gasteiger partial charge in [0.2, 0.25) is 0 Å². The van der Waals surface area contributed by atoms with Gasteiger partial charge in [-0.2, -0.15) is 0 Å². The Morgan fingerprint density at radius 1 is 1.18 bits per heavy atom. The third-order valence-electron chi connectivity index (χ3n) is 5.77. The highest BCUT2D eigenvalue weighted by molar-refractivity contribution is 7.07. The van der Waals surface area contributed by atoms with Crippen LogP contribution in [0, 0.1) is 5.92 Å². The number of aromatic nitrogens is 1. The average Bonchev–Trinajstić information content (AvgIpc) is 3.16. The number of benzene rings is 2. The first-order chi connectivity index (χ1) is 18.6. The summed E-state index contributed by atoms with van der Waals surface area (Å²) in [7, 11) is 0. The second-order valence-corrected chi connectivity index (χ2v) is 10.8. The number of carbonyl (C=O) groups is 2. The van der Waals surface area contributed by atoms with Crippen molar-refractivity contribution in [1.29, 1.82) is 0 Å². The molecule has 0 aliphatic carbocycles. The summed E-state index contributed by atoms with van der Waals surface area (Å²) in [5.41, 5.74) is 1.73. The van der Waals surface area contributed by atoms with Crippen molar-refractivity contribution in [2.45, 2.75) is 40.7 Å². The second kappa shape index (κ2) is 12.0. The molecule has 0 amide bonds. The van der Waals surface area contributed by atoms with Crippen LogP contribution in [0.3, 0.4) is 0 Å². The lowest BCUT2D eigenvalue weighted by Crippen LogP contribution is -2.40. The van der Waals surface area contributed by atoms with Crippen LogP contribution in [0.1, 0.15) is 51.8 Å². The van der Waals surface area contributed by atoms with Gasteiger partial charge in [-0.05, 0) is 61.2 Å². The molecule has 1 aromatic heterocycles. The maximum Gasteiger partial charge on any atom is 0.338 e. The Kier molecular flexibility index (Phi) is 8.72. The Balaban J connectivity index is 1.93. The van der Waals surface area contributed by atoms with Crippen LogP contribution in [0.5, 0.6) is 11.5 Å². The van der Waals surface area contributed by atoms with Crippen molar-refractivity contribution >= 4 is 41.0 Å². The van der Waals surface area contributed by atoms with E-state index in [0.717, 1.165) is 5.56 Å². The minimum atomic E-state index is -0.840. The Labute approximate surface area is 234 Å². The van der Waals surface area contributed by atoms with E-state index in [9.17, 15) is 14.4 Å². The predicted molar refractivity (Wildman–Crippen MR) is 150 cm³/mol. The Bertz CT molecular complexity index is 1640. The van der Waals surface area contributed by atoms with Crippen molar-refractivity contribution in [3.8, 4) is 11.5 Å². The van der Waals surface area contributed by atoms with Crippen LogP contribution in [-0.2, 0) is 14.3 Å². The summed E-state index contributed by atoms with van der Waals surface area (Å²) in [5.74, 6) is -0.367. The number of hydrogen-bond acceptors (Lipinski definition) is 8. The molecule has 10 heteroatoms. The molecular weight excluding hydrogens is 540 g/mol. The third kappa shape index (κ3) is 6.32. The fourth-order valence-corrected chi connectivity index (χ4v) is 5.41. The van der Waals surface area contributed by atoms with Crippen LogP contribution in [0.4, 0.5) is 0 Å². The van der Waals surface area contributed by atoms with Crippen molar-refractivity contribution in [1.82, 2.24) is 4.57 Å². The minimum absolute atomic E-state index is 0.125. The number of esters is 2. The van der Waals surface area contributed by atoms with E-state index in [2.05, 4.69) is 4.99 Å². The largest absolute Gasteiger partial charge is 0.490 e. The zero-order valence-corrected chi connectivity index (χ0v) is 23.9. The van der Waals surface area contributed by atoms with Crippen LogP contribution in [0.15, 0.2) is 63.5 Å². The fourth-order valence-electron chi connectivity index (χ4n) is 4.17. The Morgan fingerprint density at radius 2 is 1.95 bits per heavy atom. The van der Waals surface area contributed by atoms with Crippen LogP contribution in [0.2, 0.25) is 5.02 Å². The highest BCUT2D eigenvalue weighted by Gasteiger charge is 2.34. The van der Waals surface area contributed by atoms with E-state index in [1.54, 1.807) is 49.4 Å². The lowest BCUT2D eigenvalue weighted by atomic mass is 9.95. The minimum Gasteiger partial charge on any atom is -0.490 e. The molecule has 2 aromatic carbocycles. The molecule has 8 nitrogen and oxygen atoms in total. The van der Waals surface area contributed by atoms with Crippen LogP contribution < -0.4 is 24.4 Å². The molecule has 1 atom stereocenters. The van der Waals surface area contributed by atoms with E-state index in [1.165, 1.54) is 22.8 Å². The zero-order chi connectivity index (χ0) is 28.3. The Morgan fingerprint density at radius 3 is 2.62 bits per heavy atom. The monoisotopic (exact) mass is 568 g/mol. The maximum absolute atomic E-state index is 13.8. The summed E-state index contributed by atoms with van der Waals surface area (Å²) in [6.07, 6.45) is 1.75. The number of thiazole rings is 1. The molecular formula is C29H29ClN2O6S. The molecule has 0 unspecified atom stereocenters. The van der Waals surface area contributed by atoms with Crippen molar-refractivity contribution in [3.63, 3.8) is 0 Å². The van der Waals surface area contributed by atoms with Gasteiger partial charge in [-0.1, -0.05) is 55.0 Å². The van der Waals surface area contributed by atoms with Crippen molar-refractivity contribution < 1.29 is 23.8 Å². The number of nitrogens with zero attached hydrogens (tertiary/aromatic N) is 2. The zero-order valence-electron chi connectivity index (χ0n) is 22.3. The molecule has 204 valence electrons. The van der Waals surface area contributed by atoms with Gasteiger partial charge in [-0.25, -0.2) is 9.79 Å². The lowest BCUT2D eigenvalue weighted by Gasteiger charge is -2.25.